The topological polar surface area (TPSA) is 34.2 Å². The van der Waals surface area contributed by atoms with Gasteiger partial charge in [0, 0.05) is 59.1 Å². The van der Waals surface area contributed by atoms with Gasteiger partial charge >= 0.3 is 8.80 Å². The third-order valence-corrected chi connectivity index (χ3v) is 10.2. The molecular formula is C37H40N2O3Si. The van der Waals surface area contributed by atoms with Gasteiger partial charge in [-0.15, -0.1) is 0 Å². The van der Waals surface area contributed by atoms with E-state index in [1.807, 2.05) is 32.9 Å². The van der Waals surface area contributed by atoms with E-state index in [2.05, 4.69) is 138 Å². The molecule has 0 saturated heterocycles. The average Bonchev–Trinajstić information content (AvgIpc) is 3.05. The Morgan fingerprint density at radius 3 is 1.07 bits per heavy atom. The second-order valence-electron chi connectivity index (χ2n) is 10.1. The molecular weight excluding hydrogens is 549 g/mol. The van der Waals surface area contributed by atoms with Crippen LogP contribution in [0.3, 0.4) is 0 Å². The molecule has 5 rings (SSSR count). The number of anilines is 6. The van der Waals surface area contributed by atoms with Crippen LogP contribution in [0.4, 0.5) is 34.1 Å². The zero-order valence-electron chi connectivity index (χ0n) is 25.4. The van der Waals surface area contributed by atoms with Crippen molar-refractivity contribution in [1.82, 2.24) is 0 Å². The lowest BCUT2D eigenvalue weighted by molar-refractivity contribution is 0.0859. The van der Waals surface area contributed by atoms with Gasteiger partial charge in [0.2, 0.25) is 0 Å². The van der Waals surface area contributed by atoms with Crippen molar-refractivity contribution in [3.63, 3.8) is 0 Å². The van der Waals surface area contributed by atoms with E-state index in [0.717, 1.165) is 39.3 Å². The van der Waals surface area contributed by atoms with Crippen molar-refractivity contribution in [1.29, 1.82) is 0 Å². The van der Waals surface area contributed by atoms with Gasteiger partial charge in [0.25, 0.3) is 0 Å². The maximum Gasteiger partial charge on any atom is 0.537 e. The van der Waals surface area contributed by atoms with Crippen molar-refractivity contribution in [2.24, 2.45) is 0 Å². The number of aryl methyl sites for hydroxylation is 1. The molecule has 0 saturated carbocycles. The maximum atomic E-state index is 6.16. The Balaban J connectivity index is 1.54. The van der Waals surface area contributed by atoms with E-state index in [1.54, 1.807) is 0 Å². The van der Waals surface area contributed by atoms with Crippen molar-refractivity contribution in [3.8, 4) is 0 Å². The third kappa shape index (κ3) is 6.90. The third-order valence-electron chi connectivity index (χ3n) is 7.17. The first-order valence-electron chi connectivity index (χ1n) is 15.0. The van der Waals surface area contributed by atoms with Gasteiger partial charge in [-0.25, -0.2) is 0 Å². The fourth-order valence-electron chi connectivity index (χ4n) is 5.25. The molecule has 0 spiro atoms. The van der Waals surface area contributed by atoms with Crippen molar-refractivity contribution in [2.75, 3.05) is 29.6 Å². The number of rotatable bonds is 13. The molecule has 220 valence electrons. The Morgan fingerprint density at radius 1 is 0.419 bits per heavy atom. The fourth-order valence-corrected chi connectivity index (χ4v) is 7.72. The molecule has 0 radical (unpaired) electrons. The summed E-state index contributed by atoms with van der Waals surface area (Å²) in [5, 5.41) is 0.961. The number of benzene rings is 5. The molecule has 0 fully saturated rings. The molecule has 0 unspecified atom stereocenters. The van der Waals surface area contributed by atoms with Gasteiger partial charge in [-0.05, 0) is 100 Å². The smallest absolute Gasteiger partial charge is 0.370 e. The molecule has 0 amide bonds. The van der Waals surface area contributed by atoms with Gasteiger partial charge in [0.05, 0.1) is 0 Å². The molecule has 0 heterocycles. The lowest BCUT2D eigenvalue weighted by Gasteiger charge is -2.30. The van der Waals surface area contributed by atoms with E-state index in [-0.39, 0.29) is 0 Å². The zero-order valence-corrected chi connectivity index (χ0v) is 26.4. The first-order chi connectivity index (χ1) is 21.1. The Kier molecular flexibility index (Phi) is 10.1. The van der Waals surface area contributed by atoms with E-state index in [0.29, 0.717) is 19.8 Å². The van der Waals surface area contributed by atoms with Crippen LogP contribution in [0.5, 0.6) is 0 Å². The van der Waals surface area contributed by atoms with Crippen LogP contribution in [0.2, 0.25) is 0 Å². The Hall–Kier alpha value is -4.20. The van der Waals surface area contributed by atoms with Gasteiger partial charge in [-0.2, -0.15) is 0 Å². The highest BCUT2D eigenvalue weighted by molar-refractivity contribution is 6.75. The lowest BCUT2D eigenvalue weighted by atomic mass is 10.1. The minimum Gasteiger partial charge on any atom is -0.370 e. The van der Waals surface area contributed by atoms with Crippen LogP contribution < -0.4 is 15.0 Å². The molecule has 0 aromatic heterocycles. The van der Waals surface area contributed by atoms with Crippen molar-refractivity contribution >= 4 is 48.1 Å². The normalized spacial score (nSPS) is 11.3. The summed E-state index contributed by atoms with van der Waals surface area (Å²) in [6, 6.07) is 46.7. The second-order valence-corrected chi connectivity index (χ2v) is 12.7. The van der Waals surface area contributed by atoms with Crippen LogP contribution in [-0.2, 0) is 13.3 Å². The maximum absolute atomic E-state index is 6.16. The summed E-state index contributed by atoms with van der Waals surface area (Å²) < 4.78 is 18.5. The summed E-state index contributed by atoms with van der Waals surface area (Å²) in [4.78, 5) is 4.54. The highest BCUT2D eigenvalue weighted by Gasteiger charge is 2.43. The summed E-state index contributed by atoms with van der Waals surface area (Å²) in [6.07, 6.45) is 0. The van der Waals surface area contributed by atoms with Gasteiger partial charge in [-0.1, -0.05) is 66.2 Å². The molecule has 0 aliphatic rings. The van der Waals surface area contributed by atoms with Crippen LogP contribution in [0.15, 0.2) is 133 Å². The van der Waals surface area contributed by atoms with E-state index >= 15 is 0 Å². The summed E-state index contributed by atoms with van der Waals surface area (Å²) in [5.74, 6) is 0. The van der Waals surface area contributed by atoms with Crippen molar-refractivity contribution < 1.29 is 13.3 Å². The van der Waals surface area contributed by atoms with Gasteiger partial charge in [-0.3, -0.25) is 0 Å². The molecule has 43 heavy (non-hydrogen) atoms. The number of hydrogen-bond acceptors (Lipinski definition) is 5. The molecule has 0 bridgehead atoms. The van der Waals surface area contributed by atoms with Gasteiger partial charge in [0.1, 0.15) is 0 Å². The molecule has 0 atom stereocenters. The molecule has 5 nitrogen and oxygen atoms in total. The van der Waals surface area contributed by atoms with Crippen LogP contribution in [-0.4, -0.2) is 28.6 Å². The predicted molar refractivity (Wildman–Crippen MR) is 181 cm³/mol. The zero-order chi connectivity index (χ0) is 30.1. The highest BCUT2D eigenvalue weighted by atomic mass is 28.4. The van der Waals surface area contributed by atoms with E-state index < -0.39 is 8.80 Å². The summed E-state index contributed by atoms with van der Waals surface area (Å²) in [7, 11) is -3.00. The van der Waals surface area contributed by atoms with Crippen LogP contribution in [0.1, 0.15) is 26.3 Å². The standard InChI is InChI=1S/C37H40N2O3Si/c1-5-40-43(41-6-2,42-7-3)37-28-26-36(27-29-37)39(33-20-18-30(4)19-21-33)35-24-22-34(23-25-35)38(31-14-10-8-11-15-31)32-16-12-9-13-17-32/h8-29H,5-7H2,1-4H3. The van der Waals surface area contributed by atoms with E-state index in [1.165, 1.54) is 5.56 Å². The average molecular weight is 589 g/mol. The number of para-hydroxylation sites is 2. The summed E-state index contributed by atoms with van der Waals surface area (Å²) >= 11 is 0. The van der Waals surface area contributed by atoms with Gasteiger partial charge in [0.15, 0.2) is 0 Å². The van der Waals surface area contributed by atoms with E-state index in [9.17, 15) is 0 Å². The fraction of sp³-hybridized carbons (Fsp3) is 0.189. The number of nitrogens with zero attached hydrogens (tertiary/aromatic N) is 2. The lowest BCUT2D eigenvalue weighted by Crippen LogP contribution is -2.56. The van der Waals surface area contributed by atoms with Crippen molar-refractivity contribution in [2.45, 2.75) is 27.7 Å². The Bertz CT molecular complexity index is 1490. The molecule has 5 aromatic rings. The first-order valence-corrected chi connectivity index (χ1v) is 16.7. The SMILES string of the molecule is CCO[Si](OCC)(OCC)c1ccc(N(c2ccc(C)cc2)c2ccc(N(c3ccccc3)c3ccccc3)cc2)cc1. The molecule has 0 aliphatic carbocycles. The molecule has 0 aliphatic heterocycles. The minimum absolute atomic E-state index is 0.527. The largest absolute Gasteiger partial charge is 0.537 e. The van der Waals surface area contributed by atoms with E-state index in [4.69, 9.17) is 13.3 Å². The predicted octanol–water partition coefficient (Wildman–Crippen LogP) is 9.19. The summed E-state index contributed by atoms with van der Waals surface area (Å²) in [5.41, 5.74) is 7.70. The van der Waals surface area contributed by atoms with Crippen LogP contribution in [0.25, 0.3) is 0 Å². The number of hydrogen-bond donors (Lipinski definition) is 0. The second kappa shape index (κ2) is 14.3. The van der Waals surface area contributed by atoms with Crippen molar-refractivity contribution in [3.05, 3.63) is 139 Å². The van der Waals surface area contributed by atoms with Crippen LogP contribution >= 0.6 is 0 Å². The summed E-state index contributed by atoms with van der Waals surface area (Å²) in [6.45, 7) is 9.63. The first kappa shape index (κ1) is 30.3. The quantitative estimate of drug-likeness (QED) is 0.128. The Morgan fingerprint density at radius 2 is 0.721 bits per heavy atom. The molecule has 0 N–H and O–H groups in total. The molecule has 6 heteroatoms. The highest BCUT2D eigenvalue weighted by Crippen LogP contribution is 2.38. The minimum atomic E-state index is -3.00. The molecule has 5 aromatic carbocycles. The van der Waals surface area contributed by atoms with Crippen LogP contribution in [0, 0.1) is 6.92 Å². The Labute approximate surface area is 257 Å². The van der Waals surface area contributed by atoms with Gasteiger partial charge < -0.3 is 23.1 Å². The monoisotopic (exact) mass is 588 g/mol.